The minimum absolute atomic E-state index is 0.0814. The summed E-state index contributed by atoms with van der Waals surface area (Å²) < 4.78 is 0. The number of guanidine groups is 1. The molecule has 1 amide bonds. The summed E-state index contributed by atoms with van der Waals surface area (Å²) in [5.74, 6) is 0.452. The SMILES string of the molecule is Cc1cc(C)cc(NC(N)=NCCN2CCc3ccccc3C2=O)c1. The molecule has 3 rings (SSSR count). The summed E-state index contributed by atoms with van der Waals surface area (Å²) in [5.41, 5.74) is 11.2. The molecule has 0 fully saturated rings. The Morgan fingerprint density at radius 2 is 1.92 bits per heavy atom. The second-order valence-electron chi connectivity index (χ2n) is 6.47. The zero-order valence-corrected chi connectivity index (χ0v) is 14.7. The number of anilines is 1. The van der Waals surface area contributed by atoms with Gasteiger partial charge in [0.05, 0.1) is 6.54 Å². The van der Waals surface area contributed by atoms with E-state index < -0.39 is 0 Å². The van der Waals surface area contributed by atoms with Gasteiger partial charge in [0, 0.05) is 24.3 Å². The highest BCUT2D eigenvalue weighted by molar-refractivity contribution is 5.96. The number of aliphatic imine (C=N–C) groups is 1. The van der Waals surface area contributed by atoms with Crippen LogP contribution in [0.5, 0.6) is 0 Å². The van der Waals surface area contributed by atoms with Gasteiger partial charge in [-0.1, -0.05) is 24.3 Å². The molecule has 5 nitrogen and oxygen atoms in total. The van der Waals surface area contributed by atoms with Crippen LogP contribution < -0.4 is 11.1 Å². The Bertz CT molecular complexity index is 793. The number of carbonyl (C=O) groups is 1. The molecular formula is C20H24N4O. The molecular weight excluding hydrogens is 312 g/mol. The van der Waals surface area contributed by atoms with Crippen molar-refractivity contribution in [1.82, 2.24) is 4.90 Å². The van der Waals surface area contributed by atoms with Crippen LogP contribution in [0.25, 0.3) is 0 Å². The van der Waals surface area contributed by atoms with Gasteiger partial charge >= 0.3 is 0 Å². The number of amides is 1. The second-order valence-corrected chi connectivity index (χ2v) is 6.47. The van der Waals surface area contributed by atoms with Crippen LogP contribution in [0, 0.1) is 13.8 Å². The van der Waals surface area contributed by atoms with Crippen LogP contribution in [0.15, 0.2) is 47.5 Å². The minimum Gasteiger partial charge on any atom is -0.370 e. The lowest BCUT2D eigenvalue weighted by molar-refractivity contribution is 0.0745. The Labute approximate surface area is 148 Å². The number of fused-ring (bicyclic) bond motifs is 1. The maximum atomic E-state index is 12.5. The van der Waals surface area contributed by atoms with Crippen LogP contribution in [-0.4, -0.2) is 36.4 Å². The van der Waals surface area contributed by atoms with Crippen LogP contribution in [-0.2, 0) is 6.42 Å². The molecule has 130 valence electrons. The predicted molar refractivity (Wildman–Crippen MR) is 102 cm³/mol. The summed E-state index contributed by atoms with van der Waals surface area (Å²) in [6, 6.07) is 14.0. The van der Waals surface area contributed by atoms with Gasteiger partial charge in [-0.05, 0) is 55.2 Å². The van der Waals surface area contributed by atoms with Crippen LogP contribution in [0.4, 0.5) is 5.69 Å². The van der Waals surface area contributed by atoms with E-state index in [0.29, 0.717) is 19.0 Å². The van der Waals surface area contributed by atoms with E-state index in [1.807, 2.05) is 55.1 Å². The highest BCUT2D eigenvalue weighted by Gasteiger charge is 2.23. The van der Waals surface area contributed by atoms with E-state index in [0.717, 1.165) is 29.8 Å². The molecule has 2 aromatic rings. The molecule has 0 saturated heterocycles. The molecule has 0 saturated carbocycles. The summed E-state index contributed by atoms with van der Waals surface area (Å²) >= 11 is 0. The molecule has 0 unspecified atom stereocenters. The van der Waals surface area contributed by atoms with Crippen LogP contribution in [0.3, 0.4) is 0 Å². The molecule has 5 heteroatoms. The highest BCUT2D eigenvalue weighted by atomic mass is 16.2. The molecule has 1 heterocycles. The lowest BCUT2D eigenvalue weighted by Gasteiger charge is -2.28. The van der Waals surface area contributed by atoms with Gasteiger partial charge in [-0.15, -0.1) is 0 Å². The van der Waals surface area contributed by atoms with Gasteiger partial charge < -0.3 is 16.0 Å². The van der Waals surface area contributed by atoms with Crippen molar-refractivity contribution in [1.29, 1.82) is 0 Å². The number of rotatable bonds is 4. The average molecular weight is 336 g/mol. The molecule has 0 bridgehead atoms. The molecule has 0 atom stereocenters. The summed E-state index contributed by atoms with van der Waals surface area (Å²) in [4.78, 5) is 18.7. The van der Waals surface area contributed by atoms with E-state index in [2.05, 4.69) is 16.4 Å². The Balaban J connectivity index is 1.57. The van der Waals surface area contributed by atoms with Crippen LogP contribution in [0.1, 0.15) is 27.0 Å². The number of nitrogens with one attached hydrogen (secondary N) is 1. The maximum absolute atomic E-state index is 12.5. The molecule has 1 aliphatic heterocycles. The van der Waals surface area contributed by atoms with E-state index >= 15 is 0 Å². The monoisotopic (exact) mass is 336 g/mol. The Kier molecular flexibility index (Phi) is 5.03. The molecule has 0 radical (unpaired) electrons. The van der Waals surface area contributed by atoms with E-state index in [1.165, 1.54) is 11.1 Å². The molecule has 2 aromatic carbocycles. The van der Waals surface area contributed by atoms with Crippen molar-refractivity contribution in [3.8, 4) is 0 Å². The highest BCUT2D eigenvalue weighted by Crippen LogP contribution is 2.18. The van der Waals surface area contributed by atoms with E-state index in [4.69, 9.17) is 5.73 Å². The molecule has 3 N–H and O–H groups in total. The zero-order chi connectivity index (χ0) is 17.8. The van der Waals surface area contributed by atoms with Crippen LogP contribution in [0.2, 0.25) is 0 Å². The van der Waals surface area contributed by atoms with Gasteiger partial charge in [-0.2, -0.15) is 0 Å². The number of hydrogen-bond acceptors (Lipinski definition) is 2. The van der Waals surface area contributed by atoms with Gasteiger partial charge in [0.15, 0.2) is 5.96 Å². The number of hydrogen-bond donors (Lipinski definition) is 2. The van der Waals surface area contributed by atoms with E-state index in [1.54, 1.807) is 0 Å². The third-order valence-electron chi connectivity index (χ3n) is 4.33. The first kappa shape index (κ1) is 17.0. The average Bonchev–Trinajstić information content (AvgIpc) is 2.56. The molecule has 1 aliphatic rings. The summed E-state index contributed by atoms with van der Waals surface area (Å²) in [7, 11) is 0. The Morgan fingerprint density at radius 1 is 1.20 bits per heavy atom. The van der Waals surface area contributed by atoms with Crippen molar-refractivity contribution in [2.45, 2.75) is 20.3 Å². The summed E-state index contributed by atoms with van der Waals surface area (Å²) in [5, 5.41) is 3.11. The van der Waals surface area contributed by atoms with Gasteiger partial charge in [0.25, 0.3) is 5.91 Å². The van der Waals surface area contributed by atoms with Gasteiger partial charge in [0.2, 0.25) is 0 Å². The number of aryl methyl sites for hydroxylation is 2. The fourth-order valence-electron chi connectivity index (χ4n) is 3.21. The maximum Gasteiger partial charge on any atom is 0.254 e. The quantitative estimate of drug-likeness (QED) is 0.666. The lowest BCUT2D eigenvalue weighted by atomic mass is 9.99. The second kappa shape index (κ2) is 7.38. The third-order valence-corrected chi connectivity index (χ3v) is 4.33. The molecule has 0 spiro atoms. The molecule has 0 aliphatic carbocycles. The van der Waals surface area contributed by atoms with Crippen molar-refractivity contribution in [2.75, 3.05) is 25.0 Å². The summed E-state index contributed by atoms with van der Waals surface area (Å²) in [6.45, 7) is 5.88. The zero-order valence-electron chi connectivity index (χ0n) is 14.7. The van der Waals surface area contributed by atoms with Gasteiger partial charge in [-0.3, -0.25) is 9.79 Å². The standard InChI is InChI=1S/C20H24N4O/c1-14-11-15(2)13-17(12-14)23-20(21)22-8-10-24-9-7-16-5-3-4-6-18(16)19(24)25/h3-6,11-13H,7-10H2,1-2H3,(H3,21,22,23). The number of benzene rings is 2. The normalized spacial score (nSPS) is 14.4. The van der Waals surface area contributed by atoms with Crippen molar-refractivity contribution < 1.29 is 4.79 Å². The van der Waals surface area contributed by atoms with Crippen LogP contribution >= 0.6 is 0 Å². The predicted octanol–water partition coefficient (Wildman–Crippen LogP) is 2.73. The number of nitrogens with zero attached hydrogens (tertiary/aromatic N) is 2. The number of nitrogens with two attached hydrogens (primary N) is 1. The third kappa shape index (κ3) is 4.18. The first-order valence-corrected chi connectivity index (χ1v) is 8.55. The first-order valence-electron chi connectivity index (χ1n) is 8.55. The van der Waals surface area contributed by atoms with Gasteiger partial charge in [0.1, 0.15) is 0 Å². The Morgan fingerprint density at radius 3 is 2.68 bits per heavy atom. The van der Waals surface area contributed by atoms with Crippen molar-refractivity contribution in [3.63, 3.8) is 0 Å². The molecule has 0 aromatic heterocycles. The summed E-state index contributed by atoms with van der Waals surface area (Å²) in [6.07, 6.45) is 0.891. The van der Waals surface area contributed by atoms with Crippen molar-refractivity contribution in [3.05, 3.63) is 64.7 Å². The van der Waals surface area contributed by atoms with E-state index in [9.17, 15) is 4.79 Å². The fourth-order valence-corrected chi connectivity index (χ4v) is 3.21. The topological polar surface area (TPSA) is 70.7 Å². The fraction of sp³-hybridized carbons (Fsp3) is 0.300. The van der Waals surface area contributed by atoms with Gasteiger partial charge in [-0.25, -0.2) is 0 Å². The van der Waals surface area contributed by atoms with E-state index in [-0.39, 0.29) is 5.91 Å². The largest absolute Gasteiger partial charge is 0.370 e. The van der Waals surface area contributed by atoms with Crippen molar-refractivity contribution >= 4 is 17.6 Å². The Hall–Kier alpha value is -2.82. The lowest BCUT2D eigenvalue weighted by Crippen LogP contribution is -2.39. The molecule has 25 heavy (non-hydrogen) atoms. The first-order chi connectivity index (χ1) is 12.0. The number of carbonyl (C=O) groups excluding carboxylic acids is 1. The smallest absolute Gasteiger partial charge is 0.254 e. The minimum atomic E-state index is 0.0814. The van der Waals surface area contributed by atoms with Crippen molar-refractivity contribution in [2.24, 2.45) is 10.7 Å².